The Balaban J connectivity index is 2.26. The van der Waals surface area contributed by atoms with Gasteiger partial charge in [0.05, 0.1) is 0 Å². The summed E-state index contributed by atoms with van der Waals surface area (Å²) < 4.78 is 0. The molecule has 0 unspecified atom stereocenters. The van der Waals surface area contributed by atoms with Crippen LogP contribution >= 0.6 is 0 Å². The quantitative estimate of drug-likeness (QED) is 0.557. The van der Waals surface area contributed by atoms with Crippen LogP contribution in [0, 0.1) is 29.1 Å². The van der Waals surface area contributed by atoms with E-state index in [-0.39, 0.29) is 0 Å². The Morgan fingerprint density at radius 2 is 1.92 bits per heavy atom. The van der Waals surface area contributed by atoms with Crippen molar-refractivity contribution < 1.29 is 0 Å². The Bertz CT molecular complexity index is 178. The number of hydrogen-bond donors (Lipinski definition) is 0. The maximum atomic E-state index is 2.53. The molecule has 0 amide bonds. The summed E-state index contributed by atoms with van der Waals surface area (Å²) in [7, 11) is 0. The van der Waals surface area contributed by atoms with E-state index in [4.69, 9.17) is 0 Å². The van der Waals surface area contributed by atoms with Gasteiger partial charge in [0.2, 0.25) is 0 Å². The first-order valence-corrected chi connectivity index (χ1v) is 5.56. The van der Waals surface area contributed by atoms with E-state index in [2.05, 4.69) is 27.7 Å². The Kier molecular flexibility index (Phi) is 1.79. The highest BCUT2D eigenvalue weighted by Crippen LogP contribution is 2.62. The minimum atomic E-state index is 0.670. The molecule has 0 aromatic heterocycles. The fourth-order valence-corrected chi connectivity index (χ4v) is 3.91. The maximum absolute atomic E-state index is 2.53. The fourth-order valence-electron chi connectivity index (χ4n) is 3.91. The highest BCUT2D eigenvalue weighted by molar-refractivity contribution is 5.03. The van der Waals surface area contributed by atoms with Gasteiger partial charge in [0.25, 0.3) is 0 Å². The molecule has 0 aromatic rings. The molecule has 2 bridgehead atoms. The van der Waals surface area contributed by atoms with E-state index >= 15 is 0 Å². The molecule has 0 radical (unpaired) electrons. The third kappa shape index (κ3) is 0.843. The van der Waals surface area contributed by atoms with E-state index in [9.17, 15) is 0 Å². The van der Waals surface area contributed by atoms with Crippen molar-refractivity contribution in [3.63, 3.8) is 0 Å². The molecule has 4 atom stereocenters. The van der Waals surface area contributed by atoms with Gasteiger partial charge in [-0.1, -0.05) is 27.7 Å². The minimum absolute atomic E-state index is 0.670. The van der Waals surface area contributed by atoms with Crippen LogP contribution in [0.25, 0.3) is 0 Å². The zero-order chi connectivity index (χ0) is 8.93. The van der Waals surface area contributed by atoms with Gasteiger partial charge in [-0.2, -0.15) is 0 Å². The first kappa shape index (κ1) is 8.59. The molecular formula is C12H22. The molecule has 0 heterocycles. The van der Waals surface area contributed by atoms with Crippen LogP contribution in [0.4, 0.5) is 0 Å². The van der Waals surface area contributed by atoms with Gasteiger partial charge in [-0.05, 0) is 48.3 Å². The predicted octanol–water partition coefficient (Wildman–Crippen LogP) is 3.71. The summed E-state index contributed by atoms with van der Waals surface area (Å²) in [5.74, 6) is 3.99. The van der Waals surface area contributed by atoms with E-state index in [1.807, 2.05) is 0 Å². The molecule has 2 saturated carbocycles. The van der Waals surface area contributed by atoms with E-state index in [1.165, 1.54) is 19.3 Å². The molecule has 0 aliphatic heterocycles. The van der Waals surface area contributed by atoms with Gasteiger partial charge in [-0.3, -0.25) is 0 Å². The van der Waals surface area contributed by atoms with Gasteiger partial charge in [0.15, 0.2) is 0 Å². The van der Waals surface area contributed by atoms with Crippen LogP contribution in [0.1, 0.15) is 47.0 Å². The number of fused-ring (bicyclic) bond motifs is 2. The second-order valence-corrected chi connectivity index (χ2v) is 5.58. The average Bonchev–Trinajstić information content (AvgIpc) is 2.55. The van der Waals surface area contributed by atoms with Crippen molar-refractivity contribution in [3.8, 4) is 0 Å². The summed E-state index contributed by atoms with van der Waals surface area (Å²) in [6, 6.07) is 0. The zero-order valence-electron chi connectivity index (χ0n) is 8.93. The van der Waals surface area contributed by atoms with Gasteiger partial charge in [0.1, 0.15) is 0 Å². The Morgan fingerprint density at radius 3 is 2.25 bits per heavy atom. The standard InChI is InChI=1S/C12H22/c1-8(2)12(4)9(3)10-5-6-11(12)7-10/h8-11H,5-7H2,1-4H3/t9-,10-,11+,12+/m1/s1. The zero-order valence-corrected chi connectivity index (χ0v) is 8.93. The van der Waals surface area contributed by atoms with Crippen LogP contribution in [0.15, 0.2) is 0 Å². The first-order valence-electron chi connectivity index (χ1n) is 5.56. The molecule has 2 aliphatic carbocycles. The SMILES string of the molecule is CC(C)[C@]1(C)[C@H]2CC[C@H](C2)[C@H]1C. The third-order valence-corrected chi connectivity index (χ3v) is 5.29. The molecule has 2 fully saturated rings. The lowest BCUT2D eigenvalue weighted by atomic mass is 9.62. The summed E-state index contributed by atoms with van der Waals surface area (Å²) >= 11 is 0. The van der Waals surface area contributed by atoms with Gasteiger partial charge in [0, 0.05) is 0 Å². The highest BCUT2D eigenvalue weighted by atomic mass is 14.6. The van der Waals surface area contributed by atoms with Gasteiger partial charge >= 0.3 is 0 Å². The normalized spacial score (nSPS) is 52.2. The first-order chi connectivity index (χ1) is 5.56. The minimum Gasteiger partial charge on any atom is -0.0622 e. The molecule has 70 valence electrons. The van der Waals surface area contributed by atoms with Crippen LogP contribution in [0.3, 0.4) is 0 Å². The van der Waals surface area contributed by atoms with Crippen molar-refractivity contribution in [1.82, 2.24) is 0 Å². The molecule has 0 spiro atoms. The molecule has 0 N–H and O–H groups in total. The molecule has 0 aromatic carbocycles. The average molecular weight is 166 g/mol. The van der Waals surface area contributed by atoms with Gasteiger partial charge in [-0.15, -0.1) is 0 Å². The molecular weight excluding hydrogens is 144 g/mol. The third-order valence-electron chi connectivity index (χ3n) is 5.29. The molecule has 0 nitrogen and oxygen atoms in total. The Hall–Kier alpha value is 0. The summed E-state index contributed by atoms with van der Waals surface area (Å²) in [5, 5.41) is 0. The van der Waals surface area contributed by atoms with Crippen molar-refractivity contribution in [1.29, 1.82) is 0 Å². The van der Waals surface area contributed by atoms with Gasteiger partial charge < -0.3 is 0 Å². The monoisotopic (exact) mass is 166 g/mol. The van der Waals surface area contributed by atoms with Crippen molar-refractivity contribution in [3.05, 3.63) is 0 Å². The van der Waals surface area contributed by atoms with E-state index in [0.29, 0.717) is 5.41 Å². The summed E-state index contributed by atoms with van der Waals surface area (Å²) in [6.45, 7) is 9.85. The van der Waals surface area contributed by atoms with Crippen molar-refractivity contribution in [2.75, 3.05) is 0 Å². The van der Waals surface area contributed by atoms with Crippen molar-refractivity contribution in [2.45, 2.75) is 47.0 Å². The lowest BCUT2D eigenvalue weighted by molar-refractivity contribution is 0.0571. The second kappa shape index (κ2) is 2.49. The topological polar surface area (TPSA) is 0 Å². The summed E-state index contributed by atoms with van der Waals surface area (Å²) in [4.78, 5) is 0. The van der Waals surface area contributed by atoms with Crippen molar-refractivity contribution >= 4 is 0 Å². The summed E-state index contributed by atoms with van der Waals surface area (Å²) in [5.41, 5.74) is 0.670. The Labute approximate surface area is 76.7 Å². The van der Waals surface area contributed by atoms with E-state index in [0.717, 1.165) is 23.7 Å². The molecule has 0 saturated heterocycles. The Morgan fingerprint density at radius 1 is 1.25 bits per heavy atom. The molecule has 12 heavy (non-hydrogen) atoms. The summed E-state index contributed by atoms with van der Waals surface area (Å²) in [6.07, 6.45) is 4.58. The fraction of sp³-hybridized carbons (Fsp3) is 1.00. The van der Waals surface area contributed by atoms with Crippen molar-refractivity contribution in [2.24, 2.45) is 29.1 Å². The lowest BCUT2D eigenvalue weighted by Crippen LogP contribution is -2.36. The number of hydrogen-bond acceptors (Lipinski definition) is 0. The predicted molar refractivity (Wildman–Crippen MR) is 52.9 cm³/mol. The molecule has 2 rings (SSSR count). The van der Waals surface area contributed by atoms with Crippen LogP contribution in [-0.4, -0.2) is 0 Å². The number of rotatable bonds is 1. The van der Waals surface area contributed by atoms with E-state index in [1.54, 1.807) is 0 Å². The van der Waals surface area contributed by atoms with Crippen LogP contribution < -0.4 is 0 Å². The largest absolute Gasteiger partial charge is 0.0622 e. The van der Waals surface area contributed by atoms with Gasteiger partial charge in [-0.25, -0.2) is 0 Å². The maximum Gasteiger partial charge on any atom is -0.0246 e. The smallest absolute Gasteiger partial charge is 0.0246 e. The second-order valence-electron chi connectivity index (χ2n) is 5.58. The van der Waals surface area contributed by atoms with Crippen LogP contribution in [0.5, 0.6) is 0 Å². The van der Waals surface area contributed by atoms with Crippen LogP contribution in [0.2, 0.25) is 0 Å². The molecule has 2 aliphatic rings. The van der Waals surface area contributed by atoms with Crippen LogP contribution in [-0.2, 0) is 0 Å². The molecule has 0 heteroatoms. The van der Waals surface area contributed by atoms with E-state index < -0.39 is 0 Å². The lowest BCUT2D eigenvalue weighted by Gasteiger charge is -2.43. The highest BCUT2D eigenvalue weighted by Gasteiger charge is 2.54.